The Morgan fingerprint density at radius 2 is 1.77 bits per heavy atom. The minimum atomic E-state index is -1.45. The number of nitrogens with two attached hydrogens (primary N) is 1. The summed E-state index contributed by atoms with van der Waals surface area (Å²) in [6, 6.07) is 13.3. The highest BCUT2D eigenvalue weighted by Crippen LogP contribution is 2.31. The van der Waals surface area contributed by atoms with Crippen LogP contribution in [0.25, 0.3) is 21.8 Å². The molecule has 228 valence electrons. The summed E-state index contributed by atoms with van der Waals surface area (Å²) in [6.07, 6.45) is 1.18. The third kappa shape index (κ3) is 6.38. The summed E-state index contributed by atoms with van der Waals surface area (Å²) < 4.78 is 0. The fourth-order valence-corrected chi connectivity index (χ4v) is 5.65. The monoisotopic (exact) mass is 598 g/mol. The molecule has 12 heteroatoms. The molecule has 1 aliphatic heterocycles. The highest BCUT2D eigenvalue weighted by atomic mass is 16.4. The number of H-pyrrole nitrogens is 1. The quantitative estimate of drug-likeness (QED) is 0.185. The second kappa shape index (κ2) is 12.5. The number of carbonyl (C=O) groups is 5. The maximum absolute atomic E-state index is 14.0. The van der Waals surface area contributed by atoms with Crippen LogP contribution < -0.4 is 16.4 Å². The van der Waals surface area contributed by atoms with Crippen LogP contribution in [0.3, 0.4) is 0 Å². The van der Waals surface area contributed by atoms with E-state index in [9.17, 15) is 24.0 Å². The smallest absolute Gasteiger partial charge is 0.305 e. The van der Waals surface area contributed by atoms with Crippen molar-refractivity contribution in [2.24, 2.45) is 11.7 Å². The van der Waals surface area contributed by atoms with Gasteiger partial charge in [0.1, 0.15) is 18.1 Å². The predicted molar refractivity (Wildman–Crippen MR) is 162 cm³/mol. The Morgan fingerprint density at radius 1 is 1.05 bits per heavy atom. The summed E-state index contributed by atoms with van der Waals surface area (Å²) >= 11 is 0. The Bertz CT molecular complexity index is 1760. The molecule has 0 saturated heterocycles. The molecule has 12 nitrogen and oxygen atoms in total. The number of aromatic nitrogens is 2. The molecule has 5 rings (SSSR count). The predicted octanol–water partition coefficient (Wildman–Crippen LogP) is 2.26. The molecule has 4 amide bonds. The lowest BCUT2D eigenvalue weighted by atomic mass is 9.94. The summed E-state index contributed by atoms with van der Waals surface area (Å²) in [5, 5.41) is 16.0. The van der Waals surface area contributed by atoms with Gasteiger partial charge in [-0.3, -0.25) is 29.0 Å². The maximum Gasteiger partial charge on any atom is 0.305 e. The number of nitrogens with zero attached hydrogens (tertiary/aromatic N) is 2. The molecule has 2 aromatic heterocycles. The fourth-order valence-electron chi connectivity index (χ4n) is 5.65. The van der Waals surface area contributed by atoms with Crippen LogP contribution >= 0.6 is 0 Å². The Morgan fingerprint density at radius 3 is 2.50 bits per heavy atom. The van der Waals surface area contributed by atoms with Crippen molar-refractivity contribution < 1.29 is 29.1 Å². The number of rotatable bonds is 10. The van der Waals surface area contributed by atoms with Gasteiger partial charge in [-0.15, -0.1) is 0 Å². The molecule has 0 saturated carbocycles. The number of hydrogen-bond acceptors (Lipinski definition) is 6. The van der Waals surface area contributed by atoms with Crippen LogP contribution in [0.15, 0.2) is 60.8 Å². The standard InChI is InChI=1S/C32H34N6O6/c1-17(2)11-25(30(42)36-24(29(33)41)14-28(39)40)37-31(43)27-13-21-20-8-4-6-10-23(20)35-26(21)16-38(27)32(44)19-12-18-7-3-5-9-22(18)34-15-19/h3-10,12,15,17,24-25,27,35H,11,13-14,16H2,1-2H3,(H2,33,41)(H,36,42)(H,37,43)(H,39,40)/t24-,25-,27+/m0/s1. The molecule has 0 bridgehead atoms. The van der Waals surface area contributed by atoms with Crippen LogP contribution in [0.1, 0.15) is 48.3 Å². The molecule has 0 fully saturated rings. The van der Waals surface area contributed by atoms with Gasteiger partial charge in [0.15, 0.2) is 0 Å². The van der Waals surface area contributed by atoms with Gasteiger partial charge in [0, 0.05) is 34.6 Å². The number of carboxylic acid groups (broad SMARTS) is 1. The zero-order valence-electron chi connectivity index (χ0n) is 24.4. The number of pyridine rings is 1. The van der Waals surface area contributed by atoms with Gasteiger partial charge in [-0.1, -0.05) is 50.2 Å². The lowest BCUT2D eigenvalue weighted by molar-refractivity contribution is -0.140. The molecule has 3 heterocycles. The van der Waals surface area contributed by atoms with E-state index in [1.54, 1.807) is 6.07 Å². The summed E-state index contributed by atoms with van der Waals surface area (Å²) in [6.45, 7) is 3.84. The zero-order chi connectivity index (χ0) is 31.5. The molecule has 0 spiro atoms. The van der Waals surface area contributed by atoms with Crippen molar-refractivity contribution in [3.8, 4) is 0 Å². The highest BCUT2D eigenvalue weighted by Gasteiger charge is 2.39. The van der Waals surface area contributed by atoms with Gasteiger partial charge in [0.25, 0.3) is 5.91 Å². The number of fused-ring (bicyclic) bond motifs is 4. The molecule has 3 atom stereocenters. The first-order chi connectivity index (χ1) is 21.0. The van der Waals surface area contributed by atoms with Gasteiger partial charge in [0.05, 0.1) is 24.0 Å². The number of benzene rings is 2. The summed E-state index contributed by atoms with van der Waals surface area (Å²) in [4.78, 5) is 73.6. The molecule has 0 unspecified atom stereocenters. The molecule has 0 aliphatic carbocycles. The lowest BCUT2D eigenvalue weighted by Crippen LogP contribution is -2.58. The number of para-hydroxylation sites is 2. The van der Waals surface area contributed by atoms with E-state index in [0.29, 0.717) is 5.56 Å². The first-order valence-corrected chi connectivity index (χ1v) is 14.4. The van der Waals surface area contributed by atoms with E-state index in [1.165, 1.54) is 11.1 Å². The number of aliphatic carboxylic acids is 1. The number of primary amides is 1. The van der Waals surface area contributed by atoms with Crippen molar-refractivity contribution in [1.29, 1.82) is 0 Å². The van der Waals surface area contributed by atoms with E-state index in [2.05, 4.69) is 20.6 Å². The van der Waals surface area contributed by atoms with Crippen LogP contribution in [0.4, 0.5) is 0 Å². The van der Waals surface area contributed by atoms with Crippen molar-refractivity contribution in [1.82, 2.24) is 25.5 Å². The number of carboxylic acids is 1. The lowest BCUT2D eigenvalue weighted by Gasteiger charge is -2.36. The molecule has 44 heavy (non-hydrogen) atoms. The number of hydrogen-bond donors (Lipinski definition) is 5. The van der Waals surface area contributed by atoms with Crippen molar-refractivity contribution in [2.75, 3.05) is 0 Å². The largest absolute Gasteiger partial charge is 0.481 e. The molecule has 0 radical (unpaired) electrons. The van der Waals surface area contributed by atoms with E-state index in [-0.39, 0.29) is 25.3 Å². The van der Waals surface area contributed by atoms with E-state index in [4.69, 9.17) is 10.8 Å². The van der Waals surface area contributed by atoms with Crippen LogP contribution in [-0.4, -0.2) is 67.7 Å². The third-order valence-electron chi connectivity index (χ3n) is 7.78. The fraction of sp³-hybridized carbons (Fsp3) is 0.312. The number of aromatic amines is 1. The van der Waals surface area contributed by atoms with Gasteiger partial charge in [-0.2, -0.15) is 0 Å². The number of nitrogens with one attached hydrogen (secondary N) is 3. The average molecular weight is 599 g/mol. The van der Waals surface area contributed by atoms with E-state index >= 15 is 0 Å². The molecule has 6 N–H and O–H groups in total. The summed E-state index contributed by atoms with van der Waals surface area (Å²) in [5.41, 5.74) is 8.96. The third-order valence-corrected chi connectivity index (χ3v) is 7.78. The highest BCUT2D eigenvalue weighted by molar-refractivity contribution is 6.01. The van der Waals surface area contributed by atoms with Crippen molar-refractivity contribution in [2.45, 2.75) is 57.8 Å². The van der Waals surface area contributed by atoms with Gasteiger partial charge >= 0.3 is 5.97 Å². The van der Waals surface area contributed by atoms with Gasteiger partial charge in [-0.25, -0.2) is 0 Å². The number of amides is 4. The van der Waals surface area contributed by atoms with E-state index < -0.39 is 54.1 Å². The molecular weight excluding hydrogens is 564 g/mol. The molecule has 4 aromatic rings. The van der Waals surface area contributed by atoms with E-state index in [1.807, 2.05) is 62.4 Å². The zero-order valence-corrected chi connectivity index (χ0v) is 24.4. The molecule has 2 aromatic carbocycles. The average Bonchev–Trinajstić information content (AvgIpc) is 3.36. The summed E-state index contributed by atoms with van der Waals surface area (Å²) in [7, 11) is 0. The van der Waals surface area contributed by atoms with Crippen LogP contribution in [0.5, 0.6) is 0 Å². The number of carbonyl (C=O) groups excluding carboxylic acids is 4. The topological polar surface area (TPSA) is 188 Å². The molecular formula is C32H34N6O6. The van der Waals surface area contributed by atoms with Gasteiger partial charge < -0.3 is 31.4 Å². The van der Waals surface area contributed by atoms with E-state index in [0.717, 1.165) is 33.1 Å². The first-order valence-electron chi connectivity index (χ1n) is 14.4. The van der Waals surface area contributed by atoms with Crippen LogP contribution in [-0.2, 0) is 32.1 Å². The SMILES string of the molecule is CC(C)C[C@H](NC(=O)[C@H]1Cc2c([nH]c3ccccc23)CN1C(=O)c1cnc2ccccc2c1)C(=O)N[C@@H](CC(=O)O)C(N)=O. The normalized spacial score (nSPS) is 15.9. The minimum absolute atomic E-state index is 0.0504. The van der Waals surface area contributed by atoms with Crippen LogP contribution in [0.2, 0.25) is 0 Å². The van der Waals surface area contributed by atoms with Crippen molar-refractivity contribution >= 4 is 51.4 Å². The second-order valence-electron chi connectivity index (χ2n) is 11.4. The molecule has 1 aliphatic rings. The Balaban J connectivity index is 1.47. The summed E-state index contributed by atoms with van der Waals surface area (Å²) in [5.74, 6) is -4.06. The van der Waals surface area contributed by atoms with Crippen molar-refractivity contribution in [3.05, 3.63) is 77.6 Å². The van der Waals surface area contributed by atoms with Crippen molar-refractivity contribution in [3.63, 3.8) is 0 Å². The Hall–Kier alpha value is -5.26. The maximum atomic E-state index is 14.0. The Labute approximate surface area is 253 Å². The van der Waals surface area contributed by atoms with Gasteiger partial charge in [-0.05, 0) is 36.1 Å². The minimum Gasteiger partial charge on any atom is -0.481 e. The Kier molecular flexibility index (Phi) is 8.61. The van der Waals surface area contributed by atoms with Gasteiger partial charge in [0.2, 0.25) is 17.7 Å². The van der Waals surface area contributed by atoms with Crippen LogP contribution in [0, 0.1) is 5.92 Å². The second-order valence-corrected chi connectivity index (χ2v) is 11.4. The first kappa shape index (κ1) is 30.2.